The molecule has 0 aliphatic carbocycles. The zero-order valence-electron chi connectivity index (χ0n) is 12.1. The lowest BCUT2D eigenvalue weighted by Gasteiger charge is -2.15. The third-order valence-corrected chi connectivity index (χ3v) is 3.21. The van der Waals surface area contributed by atoms with Gasteiger partial charge in [-0.25, -0.2) is 0 Å². The van der Waals surface area contributed by atoms with Gasteiger partial charge in [-0.1, -0.05) is 48.5 Å². The zero-order valence-corrected chi connectivity index (χ0v) is 12.1. The Bertz CT molecular complexity index is 584. The van der Waals surface area contributed by atoms with Crippen molar-refractivity contribution in [2.75, 3.05) is 5.32 Å². The van der Waals surface area contributed by atoms with Crippen LogP contribution in [0.5, 0.6) is 0 Å². The van der Waals surface area contributed by atoms with Crippen molar-refractivity contribution in [2.24, 2.45) is 5.73 Å². The molecule has 2 aromatic rings. The number of benzene rings is 2. The second-order valence-corrected chi connectivity index (χ2v) is 4.79. The Balaban J connectivity index is 1.90. The molecule has 21 heavy (non-hydrogen) atoms. The zero-order chi connectivity index (χ0) is 15.1. The third-order valence-electron chi connectivity index (χ3n) is 3.21. The van der Waals surface area contributed by atoms with Gasteiger partial charge >= 0.3 is 0 Å². The lowest BCUT2D eigenvalue weighted by Crippen LogP contribution is -2.28. The fourth-order valence-corrected chi connectivity index (χ4v) is 1.93. The van der Waals surface area contributed by atoms with Crippen LogP contribution in [0.2, 0.25) is 0 Å². The minimum Gasteiger partial charge on any atom is -0.364 e. The van der Waals surface area contributed by atoms with Crippen LogP contribution >= 0.6 is 0 Å². The molecule has 0 aromatic heterocycles. The molecule has 0 saturated carbocycles. The molecule has 0 spiro atoms. The summed E-state index contributed by atoms with van der Waals surface area (Å²) in [7, 11) is 0. The van der Waals surface area contributed by atoms with Crippen LogP contribution < -0.4 is 11.1 Å². The summed E-state index contributed by atoms with van der Waals surface area (Å²) in [6.07, 6.45) is -0.531. The number of amides is 1. The predicted molar refractivity (Wildman–Crippen MR) is 83.7 cm³/mol. The molecular weight excluding hydrogens is 264 g/mol. The number of carbonyl (C=O) groups is 1. The highest BCUT2D eigenvalue weighted by molar-refractivity contribution is 5.94. The van der Waals surface area contributed by atoms with Crippen LogP contribution in [0.3, 0.4) is 0 Å². The fraction of sp³-hybridized carbons (Fsp3) is 0.235. The molecule has 0 fully saturated rings. The molecule has 4 heteroatoms. The van der Waals surface area contributed by atoms with Crippen molar-refractivity contribution in [2.45, 2.75) is 26.2 Å². The van der Waals surface area contributed by atoms with Gasteiger partial charge in [-0.3, -0.25) is 4.79 Å². The Kier molecular flexibility index (Phi) is 5.49. The Morgan fingerprint density at radius 1 is 1.14 bits per heavy atom. The van der Waals surface area contributed by atoms with E-state index in [2.05, 4.69) is 5.32 Å². The van der Waals surface area contributed by atoms with Gasteiger partial charge in [0, 0.05) is 12.2 Å². The normalized spacial score (nSPS) is 11.9. The van der Waals surface area contributed by atoms with Crippen molar-refractivity contribution in [1.82, 2.24) is 0 Å². The minimum atomic E-state index is -0.531. The van der Waals surface area contributed by atoms with Gasteiger partial charge in [-0.2, -0.15) is 0 Å². The molecule has 0 saturated heterocycles. The maximum Gasteiger partial charge on any atom is 0.253 e. The predicted octanol–water partition coefficient (Wildman–Crippen LogP) is 2.69. The first-order valence-electron chi connectivity index (χ1n) is 6.95. The van der Waals surface area contributed by atoms with Crippen LogP contribution in [-0.4, -0.2) is 12.0 Å². The first-order chi connectivity index (χ1) is 10.2. The van der Waals surface area contributed by atoms with Crippen molar-refractivity contribution >= 4 is 11.6 Å². The molecule has 110 valence electrons. The first-order valence-corrected chi connectivity index (χ1v) is 6.95. The van der Waals surface area contributed by atoms with Gasteiger partial charge in [0.05, 0.1) is 6.61 Å². The second-order valence-electron chi connectivity index (χ2n) is 4.79. The van der Waals surface area contributed by atoms with E-state index in [0.717, 1.165) is 16.8 Å². The maximum atomic E-state index is 12.1. The highest BCUT2D eigenvalue weighted by atomic mass is 16.5. The van der Waals surface area contributed by atoms with Crippen LogP contribution in [0, 0.1) is 0 Å². The standard InChI is InChI=1S/C17H20N2O2/c1-13(21-12-14-7-3-2-4-8-14)17(20)19-16-10-6-5-9-15(16)11-18/h2-10,13H,11-12,18H2,1H3,(H,19,20). The number of rotatable bonds is 6. The Hall–Kier alpha value is -2.17. The van der Waals surface area contributed by atoms with Gasteiger partial charge < -0.3 is 15.8 Å². The number of anilines is 1. The number of para-hydroxylation sites is 1. The van der Waals surface area contributed by atoms with Crippen LogP contribution in [0.25, 0.3) is 0 Å². The Morgan fingerprint density at radius 3 is 2.52 bits per heavy atom. The van der Waals surface area contributed by atoms with E-state index in [1.165, 1.54) is 0 Å². The highest BCUT2D eigenvalue weighted by Crippen LogP contribution is 2.15. The van der Waals surface area contributed by atoms with Crippen molar-refractivity contribution in [3.05, 3.63) is 65.7 Å². The summed E-state index contributed by atoms with van der Waals surface area (Å²) in [6, 6.07) is 17.3. The molecule has 3 N–H and O–H groups in total. The van der Waals surface area contributed by atoms with E-state index in [4.69, 9.17) is 10.5 Å². The molecular formula is C17H20N2O2. The van der Waals surface area contributed by atoms with Crippen LogP contribution in [0.1, 0.15) is 18.1 Å². The summed E-state index contributed by atoms with van der Waals surface area (Å²) >= 11 is 0. The minimum absolute atomic E-state index is 0.174. The Labute approximate surface area is 124 Å². The monoisotopic (exact) mass is 284 g/mol. The molecule has 0 bridgehead atoms. The number of nitrogens with two attached hydrogens (primary N) is 1. The summed E-state index contributed by atoms with van der Waals surface area (Å²) < 4.78 is 5.59. The van der Waals surface area contributed by atoms with Gasteiger partial charge in [-0.05, 0) is 24.1 Å². The van der Waals surface area contributed by atoms with Crippen LogP contribution in [0.4, 0.5) is 5.69 Å². The van der Waals surface area contributed by atoms with Crippen LogP contribution in [-0.2, 0) is 22.7 Å². The quantitative estimate of drug-likeness (QED) is 0.857. The van der Waals surface area contributed by atoms with Crippen molar-refractivity contribution < 1.29 is 9.53 Å². The number of ether oxygens (including phenoxy) is 1. The van der Waals surface area contributed by atoms with Gasteiger partial charge in [0.25, 0.3) is 5.91 Å². The molecule has 1 atom stereocenters. The largest absolute Gasteiger partial charge is 0.364 e. The van der Waals surface area contributed by atoms with Crippen molar-refractivity contribution in [3.8, 4) is 0 Å². The smallest absolute Gasteiger partial charge is 0.253 e. The Morgan fingerprint density at radius 2 is 1.81 bits per heavy atom. The number of hydrogen-bond acceptors (Lipinski definition) is 3. The summed E-state index contributed by atoms with van der Waals surface area (Å²) in [5.74, 6) is -0.174. The SMILES string of the molecule is CC(OCc1ccccc1)C(=O)Nc1ccccc1CN. The van der Waals surface area contributed by atoms with E-state index in [1.54, 1.807) is 6.92 Å². The fourth-order valence-electron chi connectivity index (χ4n) is 1.93. The van der Waals surface area contributed by atoms with Gasteiger partial charge in [0.15, 0.2) is 0 Å². The van der Waals surface area contributed by atoms with E-state index < -0.39 is 6.10 Å². The average molecular weight is 284 g/mol. The van der Waals surface area contributed by atoms with Crippen LogP contribution in [0.15, 0.2) is 54.6 Å². The highest BCUT2D eigenvalue weighted by Gasteiger charge is 2.14. The summed E-state index contributed by atoms with van der Waals surface area (Å²) in [6.45, 7) is 2.53. The van der Waals surface area contributed by atoms with Gasteiger partial charge in [0.1, 0.15) is 6.10 Å². The van der Waals surface area contributed by atoms with E-state index in [9.17, 15) is 4.79 Å². The summed E-state index contributed by atoms with van der Waals surface area (Å²) in [4.78, 5) is 12.1. The lowest BCUT2D eigenvalue weighted by molar-refractivity contribution is -0.127. The number of nitrogens with one attached hydrogen (secondary N) is 1. The molecule has 0 heterocycles. The van der Waals surface area contributed by atoms with E-state index in [1.807, 2.05) is 54.6 Å². The van der Waals surface area contributed by atoms with E-state index in [0.29, 0.717) is 13.2 Å². The summed E-state index contributed by atoms with van der Waals surface area (Å²) in [5, 5.41) is 2.85. The lowest BCUT2D eigenvalue weighted by atomic mass is 10.1. The molecule has 0 radical (unpaired) electrons. The molecule has 2 rings (SSSR count). The molecule has 1 amide bonds. The average Bonchev–Trinajstić information content (AvgIpc) is 2.54. The topological polar surface area (TPSA) is 64.3 Å². The first kappa shape index (κ1) is 15.2. The molecule has 4 nitrogen and oxygen atoms in total. The van der Waals surface area contributed by atoms with Gasteiger partial charge in [0.2, 0.25) is 0 Å². The van der Waals surface area contributed by atoms with E-state index >= 15 is 0 Å². The van der Waals surface area contributed by atoms with Crippen molar-refractivity contribution in [1.29, 1.82) is 0 Å². The second kappa shape index (κ2) is 7.57. The van der Waals surface area contributed by atoms with Crippen molar-refractivity contribution in [3.63, 3.8) is 0 Å². The van der Waals surface area contributed by atoms with E-state index in [-0.39, 0.29) is 5.91 Å². The maximum absolute atomic E-state index is 12.1. The third kappa shape index (κ3) is 4.41. The molecule has 2 aromatic carbocycles. The number of hydrogen-bond donors (Lipinski definition) is 2. The van der Waals surface area contributed by atoms with Gasteiger partial charge in [-0.15, -0.1) is 0 Å². The molecule has 0 aliphatic heterocycles. The number of carbonyl (C=O) groups excluding carboxylic acids is 1. The molecule has 1 unspecified atom stereocenters. The molecule has 0 aliphatic rings. The summed E-state index contributed by atoms with van der Waals surface area (Å²) in [5.41, 5.74) is 8.34.